The zero-order chi connectivity index (χ0) is 10.4. The van der Waals surface area contributed by atoms with E-state index >= 15 is 0 Å². The number of hydrogen-bond donors (Lipinski definition) is 0. The number of halogens is 2. The molecule has 0 unspecified atom stereocenters. The van der Waals surface area contributed by atoms with Crippen molar-refractivity contribution >= 4 is 34.5 Å². The largest absolute Gasteiger partial charge is 0.240 e. The van der Waals surface area contributed by atoms with Gasteiger partial charge in [-0.2, -0.15) is 0 Å². The highest BCUT2D eigenvalue weighted by molar-refractivity contribution is 7.12. The van der Waals surface area contributed by atoms with Gasteiger partial charge < -0.3 is 0 Å². The van der Waals surface area contributed by atoms with E-state index in [1.54, 1.807) is 11.3 Å². The fraction of sp³-hybridized carbons (Fsp3) is 0.182. The molecule has 0 saturated carbocycles. The topological polar surface area (TPSA) is 12.9 Å². The van der Waals surface area contributed by atoms with Gasteiger partial charge >= 0.3 is 0 Å². The van der Waals surface area contributed by atoms with Crippen molar-refractivity contribution in [2.24, 2.45) is 0 Å². The minimum Gasteiger partial charge on any atom is -0.240 e. The lowest BCUT2D eigenvalue weighted by atomic mass is 10.1. The van der Waals surface area contributed by atoms with Gasteiger partial charge in [-0.05, 0) is 17.7 Å². The molecule has 4 heteroatoms. The molecule has 0 fully saturated rings. The predicted molar refractivity (Wildman–Crippen MR) is 64.9 cm³/mol. The van der Waals surface area contributed by atoms with Gasteiger partial charge in [-0.15, -0.1) is 22.9 Å². The van der Waals surface area contributed by atoms with Crippen molar-refractivity contribution in [2.45, 2.75) is 12.3 Å². The fourth-order valence-electron chi connectivity index (χ4n) is 1.90. The number of benzene rings is 1. The summed E-state index contributed by atoms with van der Waals surface area (Å²) in [6, 6.07) is 5.97. The summed E-state index contributed by atoms with van der Waals surface area (Å²) in [5.41, 5.74) is 3.58. The Morgan fingerprint density at radius 2 is 2.27 bits per heavy atom. The van der Waals surface area contributed by atoms with E-state index in [4.69, 9.17) is 23.2 Å². The van der Waals surface area contributed by atoms with Gasteiger partial charge in [0.1, 0.15) is 5.01 Å². The molecule has 76 valence electrons. The number of thiazole rings is 1. The summed E-state index contributed by atoms with van der Waals surface area (Å²) in [6.45, 7) is 0. The highest BCUT2D eigenvalue weighted by atomic mass is 35.5. The second kappa shape index (κ2) is 3.48. The molecule has 0 saturated heterocycles. The molecule has 3 rings (SSSR count). The van der Waals surface area contributed by atoms with Crippen LogP contribution in [0.5, 0.6) is 0 Å². The Balaban J connectivity index is 2.17. The van der Waals surface area contributed by atoms with E-state index in [0.717, 1.165) is 22.1 Å². The van der Waals surface area contributed by atoms with E-state index in [0.29, 0.717) is 5.88 Å². The average Bonchev–Trinajstić information content (AvgIpc) is 2.73. The number of hydrogen-bond acceptors (Lipinski definition) is 2. The Morgan fingerprint density at radius 1 is 1.40 bits per heavy atom. The van der Waals surface area contributed by atoms with Crippen LogP contribution in [0.3, 0.4) is 0 Å². The molecule has 0 amide bonds. The Hall–Kier alpha value is -0.570. The molecule has 0 bridgehead atoms. The molecule has 0 radical (unpaired) electrons. The smallest absolute Gasteiger partial charge is 0.108 e. The van der Waals surface area contributed by atoms with Crippen molar-refractivity contribution in [3.8, 4) is 11.3 Å². The lowest BCUT2D eigenvalue weighted by Crippen LogP contribution is -1.82. The zero-order valence-electron chi connectivity index (χ0n) is 7.76. The monoisotopic (exact) mass is 255 g/mol. The first kappa shape index (κ1) is 9.64. The maximum absolute atomic E-state index is 5.95. The van der Waals surface area contributed by atoms with Crippen molar-refractivity contribution in [1.29, 1.82) is 0 Å². The van der Waals surface area contributed by atoms with Gasteiger partial charge in [-0.3, -0.25) is 0 Å². The van der Waals surface area contributed by atoms with E-state index in [-0.39, 0.29) is 0 Å². The molecule has 1 aromatic carbocycles. The highest BCUT2D eigenvalue weighted by Gasteiger charge is 2.22. The summed E-state index contributed by atoms with van der Waals surface area (Å²) < 4.78 is 0. The molecule has 1 nitrogen and oxygen atoms in total. The fourth-order valence-corrected chi connectivity index (χ4v) is 3.27. The minimum atomic E-state index is 0.501. The van der Waals surface area contributed by atoms with Crippen molar-refractivity contribution < 1.29 is 0 Å². The van der Waals surface area contributed by atoms with Crippen LogP contribution in [-0.2, 0) is 12.3 Å². The van der Waals surface area contributed by atoms with Crippen molar-refractivity contribution in [3.05, 3.63) is 38.7 Å². The van der Waals surface area contributed by atoms with Gasteiger partial charge in [0.2, 0.25) is 0 Å². The summed E-state index contributed by atoms with van der Waals surface area (Å²) in [4.78, 5) is 5.83. The Bertz CT molecular complexity index is 533. The summed E-state index contributed by atoms with van der Waals surface area (Å²) >= 11 is 13.4. The minimum absolute atomic E-state index is 0.501. The first-order valence-corrected chi connectivity index (χ1v) is 6.34. The molecule has 15 heavy (non-hydrogen) atoms. The SMILES string of the molecule is ClCc1nc2c(s1)Cc1cc(Cl)ccc1-2. The third kappa shape index (κ3) is 1.48. The van der Waals surface area contributed by atoms with Crippen LogP contribution in [0.25, 0.3) is 11.3 Å². The molecule has 0 spiro atoms. The zero-order valence-corrected chi connectivity index (χ0v) is 10.1. The Morgan fingerprint density at radius 3 is 3.07 bits per heavy atom. The van der Waals surface area contributed by atoms with E-state index in [1.807, 2.05) is 18.2 Å². The van der Waals surface area contributed by atoms with Crippen molar-refractivity contribution in [3.63, 3.8) is 0 Å². The second-order valence-electron chi connectivity index (χ2n) is 3.49. The van der Waals surface area contributed by atoms with Gasteiger partial charge in [-0.1, -0.05) is 17.7 Å². The molecule has 2 aromatic rings. The summed E-state index contributed by atoms with van der Waals surface area (Å²) in [7, 11) is 0. The molecule has 1 heterocycles. The van der Waals surface area contributed by atoms with Gasteiger partial charge in [0.25, 0.3) is 0 Å². The summed E-state index contributed by atoms with van der Waals surface area (Å²) in [5, 5.41) is 1.80. The third-order valence-corrected chi connectivity index (χ3v) is 4.23. The maximum atomic E-state index is 5.95. The Kier molecular flexibility index (Phi) is 2.23. The standard InChI is InChI=1S/C11H7Cl2NS/c12-5-10-14-11-8-2-1-7(13)3-6(8)4-9(11)15-10/h1-3H,4-5H2. The average molecular weight is 256 g/mol. The lowest BCUT2D eigenvalue weighted by molar-refractivity contribution is 1.26. The second-order valence-corrected chi connectivity index (χ2v) is 5.36. The normalized spacial score (nSPS) is 12.7. The van der Waals surface area contributed by atoms with Crippen LogP contribution in [0.1, 0.15) is 15.4 Å². The first-order chi connectivity index (χ1) is 7.28. The molecular weight excluding hydrogens is 249 g/mol. The Labute approximate surface area is 102 Å². The van der Waals surface area contributed by atoms with Gasteiger partial charge in [0.15, 0.2) is 0 Å². The number of rotatable bonds is 1. The lowest BCUT2D eigenvalue weighted by Gasteiger charge is -1.98. The predicted octanol–water partition coefficient (Wildman–Crippen LogP) is 4.11. The van der Waals surface area contributed by atoms with Crippen LogP contribution in [0.4, 0.5) is 0 Å². The molecule has 0 N–H and O–H groups in total. The quantitative estimate of drug-likeness (QED) is 0.597. The van der Waals surface area contributed by atoms with Crippen LogP contribution >= 0.6 is 34.5 Å². The number of aromatic nitrogens is 1. The van der Waals surface area contributed by atoms with Crippen molar-refractivity contribution in [2.75, 3.05) is 0 Å². The van der Waals surface area contributed by atoms with Gasteiger partial charge in [0, 0.05) is 21.9 Å². The molecule has 1 aliphatic carbocycles. The summed E-state index contributed by atoms with van der Waals surface area (Å²) in [5.74, 6) is 0.501. The highest BCUT2D eigenvalue weighted by Crippen LogP contribution is 2.40. The van der Waals surface area contributed by atoms with Gasteiger partial charge in [-0.25, -0.2) is 4.98 Å². The molecule has 1 aromatic heterocycles. The van der Waals surface area contributed by atoms with E-state index < -0.39 is 0 Å². The van der Waals surface area contributed by atoms with Gasteiger partial charge in [0.05, 0.1) is 11.6 Å². The summed E-state index contributed by atoms with van der Waals surface area (Å²) in [6.07, 6.45) is 0.944. The third-order valence-electron chi connectivity index (χ3n) is 2.53. The molecular formula is C11H7Cl2NS. The maximum Gasteiger partial charge on any atom is 0.108 e. The van der Waals surface area contributed by atoms with Crippen LogP contribution in [0.15, 0.2) is 18.2 Å². The molecule has 1 aliphatic rings. The van der Waals surface area contributed by atoms with Crippen LogP contribution in [-0.4, -0.2) is 4.98 Å². The van der Waals surface area contributed by atoms with E-state index in [9.17, 15) is 0 Å². The van der Waals surface area contributed by atoms with E-state index in [2.05, 4.69) is 4.98 Å². The van der Waals surface area contributed by atoms with Crippen molar-refractivity contribution in [1.82, 2.24) is 4.98 Å². The van der Waals surface area contributed by atoms with E-state index in [1.165, 1.54) is 16.0 Å². The molecule has 0 atom stereocenters. The molecule has 0 aliphatic heterocycles. The van der Waals surface area contributed by atoms with Crippen LogP contribution in [0.2, 0.25) is 5.02 Å². The number of fused-ring (bicyclic) bond motifs is 3. The number of nitrogens with zero attached hydrogens (tertiary/aromatic N) is 1. The van der Waals surface area contributed by atoms with Crippen LogP contribution in [0, 0.1) is 0 Å². The number of alkyl halides is 1. The first-order valence-electron chi connectivity index (χ1n) is 4.61. The van der Waals surface area contributed by atoms with Crippen LogP contribution < -0.4 is 0 Å².